The van der Waals surface area contributed by atoms with Crippen LogP contribution in [-0.2, 0) is 0 Å². The van der Waals surface area contributed by atoms with E-state index in [0.717, 1.165) is 17.3 Å². The monoisotopic (exact) mass is 311 g/mol. The number of amides is 1. The first kappa shape index (κ1) is 13.4. The molecule has 18 heavy (non-hydrogen) atoms. The predicted octanol–water partition coefficient (Wildman–Crippen LogP) is 3.38. The maximum atomic E-state index is 12.2. The van der Waals surface area contributed by atoms with Crippen molar-refractivity contribution >= 4 is 21.8 Å². The topological polar surface area (TPSA) is 38.3 Å². The van der Waals surface area contributed by atoms with E-state index in [0.29, 0.717) is 23.3 Å². The van der Waals surface area contributed by atoms with Crippen molar-refractivity contribution in [2.24, 2.45) is 5.92 Å². The van der Waals surface area contributed by atoms with Crippen molar-refractivity contribution in [3.05, 3.63) is 28.2 Å². The normalized spacial score (nSPS) is 22.8. The lowest BCUT2D eigenvalue weighted by Crippen LogP contribution is -2.33. The molecule has 0 radical (unpaired) electrons. The highest BCUT2D eigenvalue weighted by Gasteiger charge is 2.23. The molecule has 2 unspecified atom stereocenters. The van der Waals surface area contributed by atoms with Gasteiger partial charge in [0.1, 0.15) is 5.75 Å². The predicted molar refractivity (Wildman–Crippen MR) is 75.0 cm³/mol. The van der Waals surface area contributed by atoms with Gasteiger partial charge in [-0.05, 0) is 59.3 Å². The molecule has 1 aromatic carbocycles. The fourth-order valence-corrected chi connectivity index (χ4v) is 2.83. The van der Waals surface area contributed by atoms with Crippen LogP contribution in [-0.4, -0.2) is 19.1 Å². The Bertz CT molecular complexity index is 447. The van der Waals surface area contributed by atoms with Crippen LogP contribution in [0.15, 0.2) is 22.7 Å². The largest absolute Gasteiger partial charge is 0.497 e. The molecule has 1 saturated carbocycles. The minimum atomic E-state index is -0.0279. The molecule has 98 valence electrons. The molecule has 0 aromatic heterocycles. The number of methoxy groups -OCH3 is 1. The lowest BCUT2D eigenvalue weighted by molar-refractivity contribution is 0.0936. The van der Waals surface area contributed by atoms with E-state index in [4.69, 9.17) is 4.74 Å². The van der Waals surface area contributed by atoms with Crippen LogP contribution >= 0.6 is 15.9 Å². The molecule has 1 amide bonds. The second-order valence-electron chi connectivity index (χ2n) is 4.93. The lowest BCUT2D eigenvalue weighted by Gasteiger charge is -2.14. The van der Waals surface area contributed by atoms with Gasteiger partial charge < -0.3 is 10.1 Å². The van der Waals surface area contributed by atoms with Gasteiger partial charge in [-0.3, -0.25) is 4.79 Å². The molecular formula is C14H18BrNO2. The Morgan fingerprint density at radius 2 is 2.22 bits per heavy atom. The van der Waals surface area contributed by atoms with Crippen molar-refractivity contribution < 1.29 is 9.53 Å². The highest BCUT2D eigenvalue weighted by Crippen LogP contribution is 2.26. The fraction of sp³-hybridized carbons (Fsp3) is 0.500. The first-order valence-electron chi connectivity index (χ1n) is 6.24. The first-order valence-corrected chi connectivity index (χ1v) is 7.04. The summed E-state index contributed by atoms with van der Waals surface area (Å²) in [6, 6.07) is 5.74. The van der Waals surface area contributed by atoms with Crippen molar-refractivity contribution in [1.82, 2.24) is 5.32 Å². The minimum Gasteiger partial charge on any atom is -0.497 e. The van der Waals surface area contributed by atoms with E-state index in [9.17, 15) is 4.79 Å². The van der Waals surface area contributed by atoms with Crippen LogP contribution in [0.5, 0.6) is 5.75 Å². The molecule has 2 atom stereocenters. The average molecular weight is 312 g/mol. The van der Waals surface area contributed by atoms with Crippen LogP contribution in [0, 0.1) is 5.92 Å². The molecule has 1 fully saturated rings. The molecule has 3 nitrogen and oxygen atoms in total. The Labute approximate surface area is 116 Å². The summed E-state index contributed by atoms with van der Waals surface area (Å²) in [6.45, 7) is 2.23. The number of halogens is 1. The van der Waals surface area contributed by atoms with Gasteiger partial charge in [0.2, 0.25) is 0 Å². The molecule has 0 heterocycles. The van der Waals surface area contributed by atoms with Gasteiger partial charge in [0.15, 0.2) is 0 Å². The number of carbonyl (C=O) groups excluding carboxylic acids is 1. The zero-order valence-corrected chi connectivity index (χ0v) is 12.3. The van der Waals surface area contributed by atoms with Gasteiger partial charge in [-0.15, -0.1) is 0 Å². The van der Waals surface area contributed by atoms with Gasteiger partial charge >= 0.3 is 0 Å². The summed E-state index contributed by atoms with van der Waals surface area (Å²) >= 11 is 3.41. The molecule has 2 rings (SSSR count). The van der Waals surface area contributed by atoms with Crippen LogP contribution in [0.1, 0.15) is 36.5 Å². The van der Waals surface area contributed by atoms with Gasteiger partial charge in [-0.1, -0.05) is 6.92 Å². The SMILES string of the molecule is COc1ccc(Br)c(C(=O)NC2CCC(C)C2)c1. The van der Waals surface area contributed by atoms with Crippen LogP contribution < -0.4 is 10.1 Å². The van der Waals surface area contributed by atoms with Crippen molar-refractivity contribution in [2.75, 3.05) is 7.11 Å². The number of benzene rings is 1. The molecule has 1 aliphatic rings. The summed E-state index contributed by atoms with van der Waals surface area (Å²) in [4.78, 5) is 12.2. The molecule has 0 bridgehead atoms. The van der Waals surface area contributed by atoms with E-state index in [-0.39, 0.29) is 5.91 Å². The maximum absolute atomic E-state index is 12.2. The summed E-state index contributed by atoms with van der Waals surface area (Å²) < 4.78 is 5.94. The number of hydrogen-bond donors (Lipinski definition) is 1. The van der Waals surface area contributed by atoms with Crippen molar-refractivity contribution in [1.29, 1.82) is 0 Å². The Morgan fingerprint density at radius 3 is 2.83 bits per heavy atom. The fourth-order valence-electron chi connectivity index (χ4n) is 2.41. The zero-order chi connectivity index (χ0) is 13.1. The van der Waals surface area contributed by atoms with Crippen LogP contribution in [0.25, 0.3) is 0 Å². The van der Waals surface area contributed by atoms with E-state index >= 15 is 0 Å². The second-order valence-corrected chi connectivity index (χ2v) is 5.79. The first-order chi connectivity index (χ1) is 8.60. The second kappa shape index (κ2) is 5.74. The maximum Gasteiger partial charge on any atom is 0.252 e. The number of carbonyl (C=O) groups is 1. The molecule has 4 heteroatoms. The third-order valence-corrected chi connectivity index (χ3v) is 4.14. The lowest BCUT2D eigenvalue weighted by atomic mass is 10.1. The van der Waals surface area contributed by atoms with Gasteiger partial charge in [-0.25, -0.2) is 0 Å². The third-order valence-electron chi connectivity index (χ3n) is 3.45. The molecule has 1 aromatic rings. The van der Waals surface area contributed by atoms with E-state index in [2.05, 4.69) is 28.2 Å². The quantitative estimate of drug-likeness (QED) is 0.929. The summed E-state index contributed by atoms with van der Waals surface area (Å²) in [5, 5.41) is 3.09. The van der Waals surface area contributed by atoms with Crippen LogP contribution in [0.4, 0.5) is 0 Å². The van der Waals surface area contributed by atoms with E-state index in [1.807, 2.05) is 12.1 Å². The van der Waals surface area contributed by atoms with Crippen LogP contribution in [0.3, 0.4) is 0 Å². The number of ether oxygens (including phenoxy) is 1. The highest BCUT2D eigenvalue weighted by atomic mass is 79.9. The Kier molecular flexibility index (Phi) is 4.27. The highest BCUT2D eigenvalue weighted by molar-refractivity contribution is 9.10. The average Bonchev–Trinajstić information content (AvgIpc) is 2.75. The van der Waals surface area contributed by atoms with Crippen molar-refractivity contribution in [3.63, 3.8) is 0 Å². The smallest absolute Gasteiger partial charge is 0.252 e. The molecule has 0 aliphatic heterocycles. The summed E-state index contributed by atoms with van der Waals surface area (Å²) in [6.07, 6.45) is 3.35. The summed E-state index contributed by atoms with van der Waals surface area (Å²) in [5.74, 6) is 1.38. The van der Waals surface area contributed by atoms with Gasteiger partial charge in [0.25, 0.3) is 5.91 Å². The van der Waals surface area contributed by atoms with Gasteiger partial charge in [-0.2, -0.15) is 0 Å². The number of rotatable bonds is 3. The molecule has 0 saturated heterocycles. The summed E-state index contributed by atoms with van der Waals surface area (Å²) in [7, 11) is 1.60. The number of hydrogen-bond acceptors (Lipinski definition) is 2. The minimum absolute atomic E-state index is 0.0279. The van der Waals surface area contributed by atoms with Crippen molar-refractivity contribution in [2.45, 2.75) is 32.2 Å². The number of nitrogens with one attached hydrogen (secondary N) is 1. The molecule has 0 spiro atoms. The van der Waals surface area contributed by atoms with E-state index in [1.165, 1.54) is 6.42 Å². The standard InChI is InChI=1S/C14H18BrNO2/c1-9-3-4-10(7-9)16-14(17)12-8-11(18-2)5-6-13(12)15/h5-6,8-10H,3-4,7H2,1-2H3,(H,16,17). The summed E-state index contributed by atoms with van der Waals surface area (Å²) in [5.41, 5.74) is 0.633. The van der Waals surface area contributed by atoms with E-state index in [1.54, 1.807) is 13.2 Å². The Balaban J connectivity index is 2.08. The third kappa shape index (κ3) is 3.05. The van der Waals surface area contributed by atoms with Crippen molar-refractivity contribution in [3.8, 4) is 5.75 Å². The molecular weight excluding hydrogens is 294 g/mol. The van der Waals surface area contributed by atoms with Gasteiger partial charge in [0, 0.05) is 10.5 Å². The Hall–Kier alpha value is -1.03. The van der Waals surface area contributed by atoms with Crippen LogP contribution in [0.2, 0.25) is 0 Å². The molecule has 1 N–H and O–H groups in total. The molecule has 1 aliphatic carbocycles. The Morgan fingerprint density at radius 1 is 1.44 bits per heavy atom. The van der Waals surface area contributed by atoms with E-state index < -0.39 is 0 Å². The zero-order valence-electron chi connectivity index (χ0n) is 10.7. The van der Waals surface area contributed by atoms with Gasteiger partial charge in [0.05, 0.1) is 12.7 Å².